The molecule has 0 aromatic heterocycles. The molecule has 2 aromatic rings. The topological polar surface area (TPSA) is 24.5 Å². The van der Waals surface area contributed by atoms with Crippen molar-refractivity contribution in [3.05, 3.63) is 71.3 Å². The van der Waals surface area contributed by atoms with Gasteiger partial charge in [0.2, 0.25) is 0 Å². The minimum Gasteiger partial charge on any atom is -0.496 e. The summed E-state index contributed by atoms with van der Waals surface area (Å²) in [6.07, 6.45) is 4.24. The molecule has 0 saturated carbocycles. The summed E-state index contributed by atoms with van der Waals surface area (Å²) in [5, 5.41) is 3.58. The highest BCUT2D eigenvalue weighted by Gasteiger charge is 2.51. The minimum atomic E-state index is 0.566. The molecule has 25 heavy (non-hydrogen) atoms. The molecule has 2 heterocycles. The number of para-hydroxylation sites is 1. The first-order valence-corrected chi connectivity index (χ1v) is 9.13. The van der Waals surface area contributed by atoms with Gasteiger partial charge in [-0.15, -0.1) is 0 Å². The van der Waals surface area contributed by atoms with Crippen LogP contribution in [-0.4, -0.2) is 37.2 Å². The number of hydrogen-bond donors (Lipinski definition) is 1. The maximum atomic E-state index is 5.54. The zero-order valence-corrected chi connectivity index (χ0v) is 15.0. The maximum absolute atomic E-state index is 5.54. The summed E-state index contributed by atoms with van der Waals surface area (Å²) in [5.74, 6) is 1.63. The zero-order chi connectivity index (χ0) is 17.2. The van der Waals surface area contributed by atoms with E-state index in [1.807, 2.05) is 6.07 Å². The van der Waals surface area contributed by atoms with Crippen LogP contribution in [0, 0.1) is 0 Å². The smallest absolute Gasteiger partial charge is 0.123 e. The Morgan fingerprint density at radius 2 is 1.80 bits per heavy atom. The summed E-state index contributed by atoms with van der Waals surface area (Å²) in [4.78, 5) is 2.64. The number of nitrogens with zero attached hydrogens (tertiary/aromatic N) is 1. The van der Waals surface area contributed by atoms with Gasteiger partial charge in [-0.2, -0.15) is 0 Å². The second-order valence-corrected chi connectivity index (χ2v) is 6.97. The van der Waals surface area contributed by atoms with Crippen LogP contribution in [0.3, 0.4) is 0 Å². The van der Waals surface area contributed by atoms with Gasteiger partial charge in [0.1, 0.15) is 5.75 Å². The molecule has 2 bridgehead atoms. The molecule has 0 aliphatic carbocycles. The Morgan fingerprint density at radius 1 is 1.08 bits per heavy atom. The molecule has 3 atom stereocenters. The van der Waals surface area contributed by atoms with Gasteiger partial charge in [0.05, 0.1) is 7.11 Å². The number of fused-ring (bicyclic) bond motifs is 2. The van der Waals surface area contributed by atoms with E-state index in [2.05, 4.69) is 71.8 Å². The van der Waals surface area contributed by atoms with Crippen molar-refractivity contribution in [2.24, 2.45) is 0 Å². The summed E-state index contributed by atoms with van der Waals surface area (Å²) in [6, 6.07) is 18.6. The lowest BCUT2D eigenvalue weighted by Crippen LogP contribution is -2.72. The van der Waals surface area contributed by atoms with Crippen molar-refractivity contribution in [3.8, 4) is 5.75 Å². The van der Waals surface area contributed by atoms with Crippen LogP contribution >= 0.6 is 0 Å². The Bertz CT molecular complexity index is 741. The van der Waals surface area contributed by atoms with Gasteiger partial charge >= 0.3 is 0 Å². The molecule has 0 radical (unpaired) electrons. The quantitative estimate of drug-likeness (QED) is 0.903. The number of benzene rings is 2. The van der Waals surface area contributed by atoms with E-state index >= 15 is 0 Å². The van der Waals surface area contributed by atoms with Crippen LogP contribution in [-0.2, 0) is 6.54 Å². The van der Waals surface area contributed by atoms with E-state index in [9.17, 15) is 0 Å². The van der Waals surface area contributed by atoms with Crippen molar-refractivity contribution in [2.75, 3.05) is 20.2 Å². The van der Waals surface area contributed by atoms with Gasteiger partial charge < -0.3 is 10.1 Å². The third-order valence-corrected chi connectivity index (χ3v) is 5.61. The monoisotopic (exact) mass is 334 g/mol. The van der Waals surface area contributed by atoms with Crippen LogP contribution in [0.5, 0.6) is 5.75 Å². The molecule has 4 rings (SSSR count). The average molecular weight is 334 g/mol. The van der Waals surface area contributed by atoms with Crippen molar-refractivity contribution in [2.45, 2.75) is 31.5 Å². The first-order chi connectivity index (χ1) is 12.3. The zero-order valence-electron chi connectivity index (χ0n) is 15.0. The lowest BCUT2D eigenvalue weighted by molar-refractivity contribution is -0.0487. The molecule has 130 valence electrons. The van der Waals surface area contributed by atoms with Gasteiger partial charge in [0.15, 0.2) is 0 Å². The molecule has 1 N–H and O–H groups in total. The normalized spacial score (nSPS) is 25.8. The molecular weight excluding hydrogens is 308 g/mol. The van der Waals surface area contributed by atoms with Crippen LogP contribution in [0.25, 0.3) is 6.08 Å². The van der Waals surface area contributed by atoms with Gasteiger partial charge in [0, 0.05) is 43.2 Å². The van der Waals surface area contributed by atoms with Crippen molar-refractivity contribution >= 4 is 6.08 Å². The first kappa shape index (κ1) is 16.4. The highest BCUT2D eigenvalue weighted by molar-refractivity contribution is 5.50. The van der Waals surface area contributed by atoms with Crippen molar-refractivity contribution in [1.29, 1.82) is 0 Å². The average Bonchev–Trinajstić information content (AvgIpc) is 2.67. The molecule has 2 aromatic carbocycles. The molecule has 2 saturated heterocycles. The van der Waals surface area contributed by atoms with Crippen molar-refractivity contribution in [3.63, 3.8) is 0 Å². The number of ether oxygens (including phenoxy) is 1. The van der Waals surface area contributed by atoms with Crippen LogP contribution < -0.4 is 10.1 Å². The van der Waals surface area contributed by atoms with Crippen molar-refractivity contribution < 1.29 is 4.74 Å². The Balaban J connectivity index is 1.52. The number of rotatable bonds is 5. The molecule has 2 fully saturated rings. The number of methoxy groups -OCH3 is 1. The minimum absolute atomic E-state index is 0.566. The Hall–Kier alpha value is -2.10. The molecule has 0 spiro atoms. The number of allylic oxidation sites excluding steroid dienone is 1. The maximum Gasteiger partial charge on any atom is 0.123 e. The van der Waals surface area contributed by atoms with Crippen LogP contribution in [0.2, 0.25) is 0 Å². The summed E-state index contributed by atoms with van der Waals surface area (Å²) in [6.45, 7) is 5.15. The highest BCUT2D eigenvalue weighted by Crippen LogP contribution is 2.44. The van der Waals surface area contributed by atoms with Gasteiger partial charge in [-0.1, -0.05) is 54.6 Å². The van der Waals surface area contributed by atoms with E-state index in [1.54, 1.807) is 7.11 Å². The summed E-state index contributed by atoms with van der Waals surface area (Å²) in [7, 11) is 1.76. The fraction of sp³-hybridized carbons (Fsp3) is 0.364. The largest absolute Gasteiger partial charge is 0.496 e. The second-order valence-electron chi connectivity index (χ2n) is 6.97. The molecular formula is C22H26N2O. The molecule has 1 unspecified atom stereocenters. The predicted octanol–water partition coefficient (Wildman–Crippen LogP) is 3.67. The fourth-order valence-electron chi connectivity index (χ4n) is 4.41. The molecule has 2 aliphatic rings. The van der Waals surface area contributed by atoms with E-state index in [0.29, 0.717) is 18.0 Å². The number of hydrogen-bond acceptors (Lipinski definition) is 3. The Morgan fingerprint density at radius 3 is 2.48 bits per heavy atom. The van der Waals surface area contributed by atoms with Crippen LogP contribution in [0.4, 0.5) is 0 Å². The fourth-order valence-corrected chi connectivity index (χ4v) is 4.41. The summed E-state index contributed by atoms with van der Waals surface area (Å²) in [5.41, 5.74) is 4.03. The van der Waals surface area contributed by atoms with Gasteiger partial charge in [0.25, 0.3) is 0 Å². The summed E-state index contributed by atoms with van der Waals surface area (Å²) >= 11 is 0. The number of piperazine rings is 1. The number of likely N-dealkylation sites (tertiary alicyclic amines) is 1. The van der Waals surface area contributed by atoms with E-state index < -0.39 is 0 Å². The third-order valence-electron chi connectivity index (χ3n) is 5.61. The van der Waals surface area contributed by atoms with Crippen LogP contribution in [0.15, 0.2) is 54.6 Å². The second kappa shape index (κ2) is 7.03. The van der Waals surface area contributed by atoms with Gasteiger partial charge in [-0.25, -0.2) is 0 Å². The van der Waals surface area contributed by atoms with E-state index in [0.717, 1.165) is 25.4 Å². The van der Waals surface area contributed by atoms with E-state index in [1.165, 1.54) is 16.7 Å². The molecule has 3 nitrogen and oxygen atoms in total. The predicted molar refractivity (Wildman–Crippen MR) is 103 cm³/mol. The Kier molecular flexibility index (Phi) is 4.60. The first-order valence-electron chi connectivity index (χ1n) is 9.13. The standard InChI is InChI=1S/C22H26N2O/c1-3-6-16-9-11-17(12-10-16)22-19-13-23-14-20(22)24(19)15-18-7-4-5-8-21(18)25-2/h3-12,19-20,22-23H,13-15H2,1-2H3/b6-3+/t19-,20+,22?. The van der Waals surface area contributed by atoms with E-state index in [4.69, 9.17) is 4.74 Å². The number of piperidine rings is 1. The van der Waals surface area contributed by atoms with Gasteiger partial charge in [-0.3, -0.25) is 4.90 Å². The molecule has 3 heteroatoms. The van der Waals surface area contributed by atoms with E-state index in [-0.39, 0.29) is 0 Å². The van der Waals surface area contributed by atoms with Gasteiger partial charge in [-0.05, 0) is 24.1 Å². The summed E-state index contributed by atoms with van der Waals surface area (Å²) < 4.78 is 5.54. The molecule has 2 aliphatic heterocycles. The highest BCUT2D eigenvalue weighted by atomic mass is 16.5. The lowest BCUT2D eigenvalue weighted by atomic mass is 9.72. The third kappa shape index (κ3) is 2.99. The molecule has 0 amide bonds. The Labute approximate surface area is 150 Å². The SMILES string of the molecule is C/C=C/c1ccc(C2[C@H]3CNC[C@@H]2N3Cc2ccccc2OC)cc1. The number of nitrogens with one attached hydrogen (secondary N) is 1. The lowest BCUT2D eigenvalue weighted by Gasteiger charge is -2.59. The van der Waals surface area contributed by atoms with Crippen LogP contribution in [0.1, 0.15) is 29.5 Å². The van der Waals surface area contributed by atoms with Crippen molar-refractivity contribution in [1.82, 2.24) is 10.2 Å².